The number of hydrogen-bond acceptors (Lipinski definition) is 6. The summed E-state index contributed by atoms with van der Waals surface area (Å²) < 4.78 is 0. The molecular weight excluding hydrogens is 366 g/mol. The van der Waals surface area contributed by atoms with E-state index in [-0.39, 0.29) is 6.04 Å². The van der Waals surface area contributed by atoms with Gasteiger partial charge in [0.05, 0.1) is 5.39 Å². The lowest BCUT2D eigenvalue weighted by atomic mass is 10.1. The third kappa shape index (κ3) is 3.82. The number of rotatable bonds is 3. The van der Waals surface area contributed by atoms with Crippen LogP contribution in [0.2, 0.25) is 0 Å². The Balaban J connectivity index is 1.49. The lowest BCUT2D eigenvalue weighted by molar-refractivity contribution is 0.288. The first-order chi connectivity index (χ1) is 14.2. The molecule has 2 N–H and O–H groups in total. The first-order valence-electron chi connectivity index (χ1n) is 9.57. The third-order valence-electron chi connectivity index (χ3n) is 5.20. The van der Waals surface area contributed by atoms with E-state index in [0.29, 0.717) is 12.5 Å². The molecule has 0 bridgehead atoms. The standard InChI is InChI=1S/C20H23N9/c1-14-9-23-18-17(14)19(27-13-26-18)28-7-8-29(15(2)11-28)20(25-12-21)24-10-16-3-5-22-6-4-16/h3-6,9,13,15H,7-8,10-11H2,1-2H3,(H,24,25)(H,23,26,27)/t15-/m0/s1. The average molecular weight is 389 g/mol. The first-order valence-corrected chi connectivity index (χ1v) is 9.57. The largest absolute Gasteiger partial charge is 0.352 e. The molecule has 9 heteroatoms. The number of aryl methyl sites for hydroxylation is 1. The minimum atomic E-state index is 0.157. The average Bonchev–Trinajstić information content (AvgIpc) is 3.13. The summed E-state index contributed by atoms with van der Waals surface area (Å²) in [6.45, 7) is 7.08. The molecule has 1 saturated heterocycles. The molecule has 4 heterocycles. The molecule has 0 aliphatic carbocycles. The summed E-state index contributed by atoms with van der Waals surface area (Å²) in [5.41, 5.74) is 3.08. The molecule has 0 radical (unpaired) electrons. The predicted molar refractivity (Wildman–Crippen MR) is 111 cm³/mol. The Morgan fingerprint density at radius 1 is 1.34 bits per heavy atom. The number of fused-ring (bicyclic) bond motifs is 1. The van der Waals surface area contributed by atoms with Gasteiger partial charge in [-0.05, 0) is 37.1 Å². The van der Waals surface area contributed by atoms with Gasteiger partial charge in [-0.3, -0.25) is 4.98 Å². The van der Waals surface area contributed by atoms with Crippen LogP contribution in [0.15, 0.2) is 42.0 Å². The van der Waals surface area contributed by atoms with Gasteiger partial charge in [-0.2, -0.15) is 5.26 Å². The van der Waals surface area contributed by atoms with E-state index in [2.05, 4.69) is 53.9 Å². The van der Waals surface area contributed by atoms with Gasteiger partial charge in [0.2, 0.25) is 12.2 Å². The van der Waals surface area contributed by atoms with E-state index in [1.165, 1.54) is 0 Å². The van der Waals surface area contributed by atoms with Crippen LogP contribution in [0.1, 0.15) is 18.1 Å². The number of aliphatic imine (C=N–C) groups is 1. The van der Waals surface area contributed by atoms with Crippen molar-refractivity contribution in [1.82, 2.24) is 30.2 Å². The number of piperazine rings is 1. The van der Waals surface area contributed by atoms with Gasteiger partial charge in [0.25, 0.3) is 0 Å². The lowest BCUT2D eigenvalue weighted by Gasteiger charge is -2.41. The molecule has 1 fully saturated rings. The van der Waals surface area contributed by atoms with Crippen LogP contribution in [-0.2, 0) is 6.54 Å². The van der Waals surface area contributed by atoms with Crippen LogP contribution >= 0.6 is 0 Å². The molecule has 0 unspecified atom stereocenters. The van der Waals surface area contributed by atoms with E-state index in [9.17, 15) is 0 Å². The van der Waals surface area contributed by atoms with Gasteiger partial charge in [-0.15, -0.1) is 4.99 Å². The van der Waals surface area contributed by atoms with Crippen molar-refractivity contribution < 1.29 is 0 Å². The monoisotopic (exact) mass is 389 g/mol. The van der Waals surface area contributed by atoms with Gasteiger partial charge >= 0.3 is 0 Å². The van der Waals surface area contributed by atoms with E-state index in [1.807, 2.05) is 24.5 Å². The van der Waals surface area contributed by atoms with Crippen LogP contribution in [0.3, 0.4) is 0 Å². The zero-order valence-corrected chi connectivity index (χ0v) is 16.5. The van der Waals surface area contributed by atoms with E-state index in [1.54, 1.807) is 18.7 Å². The molecular formula is C20H23N9. The second-order valence-electron chi connectivity index (χ2n) is 7.13. The lowest BCUT2D eigenvalue weighted by Crippen LogP contribution is -2.57. The van der Waals surface area contributed by atoms with Crippen LogP contribution in [0, 0.1) is 18.4 Å². The number of pyridine rings is 1. The topological polar surface area (TPSA) is 109 Å². The molecule has 4 rings (SSSR count). The first kappa shape index (κ1) is 18.7. The minimum Gasteiger partial charge on any atom is -0.352 e. The van der Waals surface area contributed by atoms with Gasteiger partial charge in [0.1, 0.15) is 17.8 Å². The molecule has 1 atom stereocenters. The van der Waals surface area contributed by atoms with Gasteiger partial charge in [-0.1, -0.05) is 0 Å². The van der Waals surface area contributed by atoms with Gasteiger partial charge in [0, 0.05) is 50.8 Å². The molecule has 148 valence electrons. The summed E-state index contributed by atoms with van der Waals surface area (Å²) in [7, 11) is 0. The maximum Gasteiger partial charge on any atom is 0.210 e. The number of nitriles is 1. The minimum absolute atomic E-state index is 0.157. The highest BCUT2D eigenvalue weighted by atomic mass is 15.4. The molecule has 9 nitrogen and oxygen atoms in total. The van der Waals surface area contributed by atoms with E-state index < -0.39 is 0 Å². The Morgan fingerprint density at radius 3 is 2.93 bits per heavy atom. The molecule has 0 spiro atoms. The highest BCUT2D eigenvalue weighted by Crippen LogP contribution is 2.27. The summed E-state index contributed by atoms with van der Waals surface area (Å²) in [5.74, 6) is 1.55. The second kappa shape index (κ2) is 8.14. The SMILES string of the molecule is Cc1c[nH]c2ncnc(N3CCN(C(=NC#N)NCc4ccncc4)[C@@H](C)C3)c12. The Kier molecular flexibility index (Phi) is 5.24. The fraction of sp³-hybridized carbons (Fsp3) is 0.350. The summed E-state index contributed by atoms with van der Waals surface area (Å²) in [6.07, 6.45) is 9.00. The van der Waals surface area contributed by atoms with Crippen molar-refractivity contribution in [2.24, 2.45) is 4.99 Å². The Labute approximate surface area is 169 Å². The molecule has 29 heavy (non-hydrogen) atoms. The number of aromatic amines is 1. The highest BCUT2D eigenvalue weighted by Gasteiger charge is 2.28. The number of nitrogens with zero attached hydrogens (tertiary/aromatic N) is 7. The van der Waals surface area contributed by atoms with Crippen molar-refractivity contribution >= 4 is 22.8 Å². The smallest absolute Gasteiger partial charge is 0.210 e. The fourth-order valence-electron chi connectivity index (χ4n) is 3.74. The van der Waals surface area contributed by atoms with Gasteiger partial charge < -0.3 is 20.1 Å². The van der Waals surface area contributed by atoms with Crippen molar-refractivity contribution in [1.29, 1.82) is 5.26 Å². The van der Waals surface area contributed by atoms with E-state index >= 15 is 0 Å². The van der Waals surface area contributed by atoms with Crippen molar-refractivity contribution in [3.8, 4) is 6.19 Å². The molecule has 3 aromatic heterocycles. The third-order valence-corrected chi connectivity index (χ3v) is 5.20. The predicted octanol–water partition coefficient (Wildman–Crippen LogP) is 1.80. The summed E-state index contributed by atoms with van der Waals surface area (Å²) in [4.78, 5) is 24.6. The van der Waals surface area contributed by atoms with Crippen LogP contribution in [-0.4, -0.2) is 56.5 Å². The maximum absolute atomic E-state index is 9.16. The maximum atomic E-state index is 9.16. The number of nitrogens with one attached hydrogen (secondary N) is 2. The fourth-order valence-corrected chi connectivity index (χ4v) is 3.74. The second-order valence-corrected chi connectivity index (χ2v) is 7.13. The number of H-pyrrole nitrogens is 1. The Hall–Kier alpha value is -3.67. The molecule has 1 aliphatic heterocycles. The molecule has 1 aliphatic rings. The number of guanidine groups is 1. The number of hydrogen-bond donors (Lipinski definition) is 2. The quantitative estimate of drug-likeness (QED) is 0.399. The molecule has 0 aromatic carbocycles. The van der Waals surface area contributed by atoms with Crippen molar-refractivity contribution in [2.75, 3.05) is 24.5 Å². The highest BCUT2D eigenvalue weighted by molar-refractivity contribution is 5.90. The molecule has 3 aromatic rings. The van der Waals surface area contributed by atoms with Crippen molar-refractivity contribution in [2.45, 2.75) is 26.4 Å². The number of aromatic nitrogens is 4. The summed E-state index contributed by atoms with van der Waals surface area (Å²) in [6, 6.07) is 4.04. The van der Waals surface area contributed by atoms with Crippen LogP contribution in [0.25, 0.3) is 11.0 Å². The van der Waals surface area contributed by atoms with Gasteiger partial charge in [0.15, 0.2) is 0 Å². The van der Waals surface area contributed by atoms with Gasteiger partial charge in [-0.25, -0.2) is 9.97 Å². The Bertz CT molecular complexity index is 1050. The summed E-state index contributed by atoms with van der Waals surface area (Å²) >= 11 is 0. The summed E-state index contributed by atoms with van der Waals surface area (Å²) in [5, 5.41) is 13.5. The van der Waals surface area contributed by atoms with Crippen molar-refractivity contribution in [3.63, 3.8) is 0 Å². The normalized spacial score (nSPS) is 17.4. The zero-order valence-electron chi connectivity index (χ0n) is 16.5. The van der Waals surface area contributed by atoms with E-state index in [4.69, 9.17) is 5.26 Å². The molecule has 0 saturated carbocycles. The van der Waals surface area contributed by atoms with E-state index in [0.717, 1.165) is 47.6 Å². The van der Waals surface area contributed by atoms with Crippen LogP contribution < -0.4 is 10.2 Å². The Morgan fingerprint density at radius 2 is 2.17 bits per heavy atom. The molecule has 0 amide bonds. The van der Waals surface area contributed by atoms with Crippen molar-refractivity contribution in [3.05, 3.63) is 48.2 Å². The van der Waals surface area contributed by atoms with Crippen LogP contribution in [0.4, 0.5) is 5.82 Å². The zero-order chi connectivity index (χ0) is 20.2. The number of anilines is 1. The van der Waals surface area contributed by atoms with Crippen LogP contribution in [0.5, 0.6) is 0 Å².